The summed E-state index contributed by atoms with van der Waals surface area (Å²) < 4.78 is 5.20. The van der Waals surface area contributed by atoms with Gasteiger partial charge in [0.1, 0.15) is 16.1 Å². The Labute approximate surface area is 118 Å². The van der Waals surface area contributed by atoms with E-state index < -0.39 is 0 Å². The van der Waals surface area contributed by atoms with Crippen LogP contribution in [0.15, 0.2) is 0 Å². The summed E-state index contributed by atoms with van der Waals surface area (Å²) in [6, 6.07) is 0. The van der Waals surface area contributed by atoms with Crippen LogP contribution in [0.25, 0.3) is 0 Å². The maximum absolute atomic E-state index is 6.26. The number of halogens is 2. The third kappa shape index (κ3) is 3.14. The zero-order chi connectivity index (χ0) is 13.1. The second-order valence-corrected chi connectivity index (χ2v) is 5.58. The van der Waals surface area contributed by atoms with E-state index >= 15 is 0 Å². The van der Waals surface area contributed by atoms with Gasteiger partial charge < -0.3 is 4.74 Å². The number of methoxy groups -OCH3 is 1. The maximum atomic E-state index is 6.26. The van der Waals surface area contributed by atoms with E-state index in [2.05, 4.69) is 9.97 Å². The summed E-state index contributed by atoms with van der Waals surface area (Å²) in [7, 11) is 1.67. The Hall–Kier alpha value is -0.380. The highest BCUT2D eigenvalue weighted by molar-refractivity contribution is 6.34. The summed E-state index contributed by atoms with van der Waals surface area (Å²) in [5.41, 5.74) is 0.935. The molecule has 1 fully saturated rings. The number of hydrogen-bond acceptors (Lipinski definition) is 3. The minimum atomic E-state index is 0.0643. The molecule has 1 atom stereocenters. The lowest BCUT2D eigenvalue weighted by molar-refractivity contribution is 0.117. The zero-order valence-electron chi connectivity index (χ0n) is 10.7. The fourth-order valence-electron chi connectivity index (χ4n) is 2.44. The fraction of sp³-hybridized carbons (Fsp3) is 0.692. The van der Waals surface area contributed by atoms with Crippen molar-refractivity contribution in [3.8, 4) is 0 Å². The van der Waals surface area contributed by atoms with E-state index in [0.717, 1.165) is 18.4 Å². The summed E-state index contributed by atoms with van der Waals surface area (Å²) in [5.74, 6) is 1.08. The summed E-state index contributed by atoms with van der Waals surface area (Å²) >= 11 is 12.5. The maximum Gasteiger partial charge on any atom is 0.137 e. The molecule has 0 N–H and O–H groups in total. The standard InChI is InChI=1S/C13H18Cl2N2O/c1-8(18-2)7-10-16-12(14)11(13(15)17-10)9-5-3-4-6-9/h8-9H,3-7H2,1-2H3. The fourth-order valence-corrected chi connectivity index (χ4v) is 3.17. The van der Waals surface area contributed by atoms with E-state index in [0.29, 0.717) is 28.5 Å². The van der Waals surface area contributed by atoms with Crippen molar-refractivity contribution >= 4 is 23.2 Å². The highest BCUT2D eigenvalue weighted by Gasteiger charge is 2.24. The first-order chi connectivity index (χ1) is 8.61. The lowest BCUT2D eigenvalue weighted by Crippen LogP contribution is -2.13. The van der Waals surface area contributed by atoms with Crippen LogP contribution in [0.1, 0.15) is 49.9 Å². The number of hydrogen-bond donors (Lipinski definition) is 0. The number of ether oxygens (including phenoxy) is 1. The monoisotopic (exact) mass is 288 g/mol. The van der Waals surface area contributed by atoms with Crippen molar-refractivity contribution in [3.63, 3.8) is 0 Å². The molecule has 1 aromatic heterocycles. The topological polar surface area (TPSA) is 35.0 Å². The molecule has 5 heteroatoms. The van der Waals surface area contributed by atoms with Crippen LogP contribution in [-0.4, -0.2) is 23.2 Å². The van der Waals surface area contributed by atoms with Crippen molar-refractivity contribution in [2.75, 3.05) is 7.11 Å². The first-order valence-corrected chi connectivity index (χ1v) is 7.12. The van der Waals surface area contributed by atoms with E-state index in [1.165, 1.54) is 12.8 Å². The molecule has 1 saturated carbocycles. The van der Waals surface area contributed by atoms with Crippen LogP contribution in [0.5, 0.6) is 0 Å². The van der Waals surface area contributed by atoms with Crippen LogP contribution in [0.3, 0.4) is 0 Å². The zero-order valence-corrected chi connectivity index (χ0v) is 12.3. The predicted octanol–water partition coefficient (Wildman–Crippen LogP) is 4.02. The molecule has 3 nitrogen and oxygen atoms in total. The van der Waals surface area contributed by atoms with E-state index in [1.807, 2.05) is 6.92 Å². The van der Waals surface area contributed by atoms with Crippen LogP contribution in [0.2, 0.25) is 10.3 Å². The smallest absolute Gasteiger partial charge is 0.137 e. The van der Waals surface area contributed by atoms with E-state index in [4.69, 9.17) is 27.9 Å². The minimum Gasteiger partial charge on any atom is -0.381 e. The molecule has 1 aromatic rings. The normalized spacial score (nSPS) is 18.2. The summed E-state index contributed by atoms with van der Waals surface area (Å²) in [5, 5.41) is 1.03. The quantitative estimate of drug-likeness (QED) is 0.785. The summed E-state index contributed by atoms with van der Waals surface area (Å²) in [4.78, 5) is 8.71. The van der Waals surface area contributed by atoms with Gasteiger partial charge in [0, 0.05) is 19.1 Å². The molecule has 0 aliphatic heterocycles. The number of aromatic nitrogens is 2. The van der Waals surface area contributed by atoms with Gasteiger partial charge in [-0.25, -0.2) is 9.97 Å². The van der Waals surface area contributed by atoms with Crippen LogP contribution in [0, 0.1) is 0 Å². The number of nitrogens with zero attached hydrogens (tertiary/aromatic N) is 2. The second-order valence-electron chi connectivity index (χ2n) is 4.87. The Morgan fingerprint density at radius 2 is 1.78 bits per heavy atom. The molecule has 0 bridgehead atoms. The minimum absolute atomic E-state index is 0.0643. The van der Waals surface area contributed by atoms with Crippen LogP contribution in [0.4, 0.5) is 0 Å². The molecule has 100 valence electrons. The van der Waals surface area contributed by atoms with Crippen molar-refractivity contribution in [2.45, 2.75) is 51.0 Å². The van der Waals surface area contributed by atoms with Gasteiger partial charge in [-0.05, 0) is 25.7 Å². The molecular weight excluding hydrogens is 271 g/mol. The van der Waals surface area contributed by atoms with E-state index in [-0.39, 0.29) is 6.10 Å². The molecule has 0 amide bonds. The lowest BCUT2D eigenvalue weighted by Gasteiger charge is -2.14. The van der Waals surface area contributed by atoms with Gasteiger partial charge in [-0.3, -0.25) is 0 Å². The average molecular weight is 289 g/mol. The largest absolute Gasteiger partial charge is 0.381 e. The molecule has 1 aliphatic carbocycles. The van der Waals surface area contributed by atoms with Gasteiger partial charge in [0.2, 0.25) is 0 Å². The Bertz CT molecular complexity index is 396. The average Bonchev–Trinajstić information content (AvgIpc) is 2.81. The Kier molecular flexibility index (Phi) is 4.82. The SMILES string of the molecule is COC(C)Cc1nc(Cl)c(C2CCCC2)c(Cl)n1. The third-order valence-electron chi connectivity index (χ3n) is 3.53. The van der Waals surface area contributed by atoms with Gasteiger partial charge in [0.25, 0.3) is 0 Å². The van der Waals surface area contributed by atoms with Crippen LogP contribution >= 0.6 is 23.2 Å². The molecule has 0 saturated heterocycles. The van der Waals surface area contributed by atoms with Gasteiger partial charge >= 0.3 is 0 Å². The highest BCUT2D eigenvalue weighted by atomic mass is 35.5. The Morgan fingerprint density at radius 3 is 2.28 bits per heavy atom. The molecule has 0 spiro atoms. The molecule has 18 heavy (non-hydrogen) atoms. The molecule has 1 heterocycles. The third-order valence-corrected chi connectivity index (χ3v) is 4.11. The van der Waals surface area contributed by atoms with Gasteiger partial charge in [-0.2, -0.15) is 0 Å². The first-order valence-electron chi connectivity index (χ1n) is 6.36. The van der Waals surface area contributed by atoms with Gasteiger partial charge in [-0.1, -0.05) is 36.0 Å². The summed E-state index contributed by atoms with van der Waals surface area (Å²) in [6.07, 6.45) is 5.43. The van der Waals surface area contributed by atoms with Crippen LogP contribution in [-0.2, 0) is 11.2 Å². The lowest BCUT2D eigenvalue weighted by atomic mass is 10.0. The Morgan fingerprint density at radius 1 is 1.22 bits per heavy atom. The molecule has 1 unspecified atom stereocenters. The molecule has 0 aromatic carbocycles. The summed E-state index contributed by atoms with van der Waals surface area (Å²) in [6.45, 7) is 1.97. The van der Waals surface area contributed by atoms with Crippen molar-refractivity contribution in [1.29, 1.82) is 0 Å². The predicted molar refractivity (Wildman–Crippen MR) is 73.4 cm³/mol. The van der Waals surface area contributed by atoms with Crippen molar-refractivity contribution in [2.24, 2.45) is 0 Å². The number of rotatable bonds is 4. The van der Waals surface area contributed by atoms with E-state index in [9.17, 15) is 0 Å². The van der Waals surface area contributed by atoms with E-state index in [1.54, 1.807) is 7.11 Å². The van der Waals surface area contributed by atoms with Crippen LogP contribution < -0.4 is 0 Å². The van der Waals surface area contributed by atoms with Crippen molar-refractivity contribution in [1.82, 2.24) is 9.97 Å². The molecule has 0 radical (unpaired) electrons. The first kappa shape index (κ1) is 14.0. The van der Waals surface area contributed by atoms with Gasteiger partial charge in [0.05, 0.1) is 6.10 Å². The Balaban J connectivity index is 2.23. The molecule has 1 aliphatic rings. The highest BCUT2D eigenvalue weighted by Crippen LogP contribution is 2.39. The molecule has 2 rings (SSSR count). The van der Waals surface area contributed by atoms with Gasteiger partial charge in [0.15, 0.2) is 0 Å². The van der Waals surface area contributed by atoms with Gasteiger partial charge in [-0.15, -0.1) is 0 Å². The van der Waals surface area contributed by atoms with Crippen molar-refractivity contribution in [3.05, 3.63) is 21.7 Å². The second kappa shape index (κ2) is 6.18. The molecular formula is C13H18Cl2N2O. The van der Waals surface area contributed by atoms with Crippen molar-refractivity contribution < 1.29 is 4.74 Å².